The fourth-order valence-electron chi connectivity index (χ4n) is 3.46. The van der Waals surface area contributed by atoms with Gasteiger partial charge in [0.1, 0.15) is 6.04 Å². The van der Waals surface area contributed by atoms with Crippen molar-refractivity contribution in [3.8, 4) is 0 Å². The Balaban J connectivity index is 0.00000247. The largest absolute Gasteiger partial charge is 0.467 e. The van der Waals surface area contributed by atoms with E-state index in [2.05, 4.69) is 10.6 Å². The van der Waals surface area contributed by atoms with Gasteiger partial charge < -0.3 is 26.0 Å². The van der Waals surface area contributed by atoms with E-state index in [1.807, 2.05) is 38.9 Å². The van der Waals surface area contributed by atoms with E-state index >= 15 is 0 Å². The number of amides is 2. The Morgan fingerprint density at radius 1 is 0.947 bits per heavy atom. The predicted octanol–water partition coefficient (Wildman–Crippen LogP) is 5.43. The topological polar surface area (TPSA) is 114 Å². The Labute approximate surface area is 233 Å². The van der Waals surface area contributed by atoms with Crippen LogP contribution in [0.3, 0.4) is 0 Å². The average Bonchev–Trinajstić information content (AvgIpc) is 2.90. The van der Waals surface area contributed by atoms with Crippen LogP contribution in [0.2, 0.25) is 10.0 Å². The van der Waals surface area contributed by atoms with Crippen LogP contribution in [-0.2, 0) is 16.0 Å². The molecule has 3 aromatic carbocycles. The number of benzene rings is 3. The van der Waals surface area contributed by atoms with E-state index in [4.69, 9.17) is 33.7 Å². The third-order valence-electron chi connectivity index (χ3n) is 5.43. The van der Waals surface area contributed by atoms with Crippen molar-refractivity contribution in [2.45, 2.75) is 26.3 Å². The summed E-state index contributed by atoms with van der Waals surface area (Å²) < 4.78 is 4.85. The maximum absolute atomic E-state index is 12.8. The molecule has 8 nitrogen and oxygen atoms in total. The van der Waals surface area contributed by atoms with Crippen LogP contribution in [0.4, 0.5) is 17.1 Å². The van der Waals surface area contributed by atoms with E-state index in [0.717, 1.165) is 11.3 Å². The van der Waals surface area contributed by atoms with Crippen LogP contribution in [0.5, 0.6) is 0 Å². The molecule has 0 bridgehead atoms. The summed E-state index contributed by atoms with van der Waals surface area (Å²) >= 11 is 12.2. The molecule has 0 spiro atoms. The lowest BCUT2D eigenvalue weighted by Crippen LogP contribution is -2.43. The number of anilines is 3. The highest BCUT2D eigenvalue weighted by molar-refractivity contribution is 6.39. The van der Waals surface area contributed by atoms with Crippen molar-refractivity contribution in [1.29, 1.82) is 0 Å². The van der Waals surface area contributed by atoms with Gasteiger partial charge in [0, 0.05) is 37.6 Å². The van der Waals surface area contributed by atoms with Gasteiger partial charge in [0.25, 0.3) is 11.8 Å². The fourth-order valence-corrected chi connectivity index (χ4v) is 4.03. The number of esters is 1. The molecule has 0 fully saturated rings. The van der Waals surface area contributed by atoms with Crippen LogP contribution >= 0.6 is 23.2 Å². The van der Waals surface area contributed by atoms with Crippen molar-refractivity contribution in [1.82, 2.24) is 5.32 Å². The van der Waals surface area contributed by atoms with Crippen molar-refractivity contribution in [3.63, 3.8) is 0 Å². The first-order valence-corrected chi connectivity index (χ1v) is 12.7. The van der Waals surface area contributed by atoms with Crippen molar-refractivity contribution >= 4 is 58.0 Å². The van der Waals surface area contributed by atoms with Gasteiger partial charge in [-0.1, -0.05) is 55.2 Å². The molecule has 0 saturated heterocycles. The number of ether oxygens (including phenoxy) is 1. The van der Waals surface area contributed by atoms with Gasteiger partial charge in [-0.2, -0.15) is 0 Å². The molecule has 10 heteroatoms. The van der Waals surface area contributed by atoms with Gasteiger partial charge in [-0.25, -0.2) is 4.79 Å². The van der Waals surface area contributed by atoms with Crippen molar-refractivity contribution < 1.29 is 19.1 Å². The molecule has 0 heterocycles. The quantitative estimate of drug-likeness (QED) is 0.251. The SMILES string of the molecule is CC.COC(=O)[C@H](Cc1ccc(NC(=O)c2cc(N(C)C)ccc2N)cc1)NC(=O)c1c(Cl)cccc1Cl. The van der Waals surface area contributed by atoms with Crippen LogP contribution in [-0.4, -0.2) is 45.0 Å². The van der Waals surface area contributed by atoms with E-state index in [-0.39, 0.29) is 27.9 Å². The molecule has 3 rings (SSSR count). The average molecular weight is 559 g/mol. The predicted molar refractivity (Wildman–Crippen MR) is 154 cm³/mol. The Kier molecular flexibility index (Phi) is 11.4. The number of carbonyl (C=O) groups excluding carboxylic acids is 3. The first-order chi connectivity index (χ1) is 18.1. The number of nitrogens with zero attached hydrogens (tertiary/aromatic N) is 1. The van der Waals surface area contributed by atoms with Crippen LogP contribution < -0.4 is 21.3 Å². The van der Waals surface area contributed by atoms with Crippen LogP contribution in [0.1, 0.15) is 40.1 Å². The lowest BCUT2D eigenvalue weighted by atomic mass is 10.0. The van der Waals surface area contributed by atoms with Gasteiger partial charge in [-0.3, -0.25) is 9.59 Å². The lowest BCUT2D eigenvalue weighted by molar-refractivity contribution is -0.142. The molecule has 0 aliphatic heterocycles. The summed E-state index contributed by atoms with van der Waals surface area (Å²) in [6, 6.07) is 15.8. The molecule has 4 N–H and O–H groups in total. The zero-order valence-corrected chi connectivity index (χ0v) is 23.5. The van der Waals surface area contributed by atoms with Gasteiger partial charge in [-0.15, -0.1) is 0 Å². The lowest BCUT2D eigenvalue weighted by Gasteiger charge is -2.18. The smallest absolute Gasteiger partial charge is 0.328 e. The molecule has 0 aromatic heterocycles. The number of hydrogen-bond donors (Lipinski definition) is 3. The second kappa shape index (κ2) is 14.3. The van der Waals surface area contributed by atoms with E-state index < -0.39 is 17.9 Å². The molecule has 3 aromatic rings. The third-order valence-corrected chi connectivity index (χ3v) is 6.06. The summed E-state index contributed by atoms with van der Waals surface area (Å²) in [7, 11) is 4.98. The minimum Gasteiger partial charge on any atom is -0.467 e. The highest BCUT2D eigenvalue weighted by Gasteiger charge is 2.25. The molecule has 0 aliphatic rings. The van der Waals surface area contributed by atoms with Gasteiger partial charge in [0.15, 0.2) is 0 Å². The monoisotopic (exact) mass is 558 g/mol. The van der Waals surface area contributed by atoms with Gasteiger partial charge in [0.05, 0.1) is 28.3 Å². The van der Waals surface area contributed by atoms with Crippen LogP contribution in [0.15, 0.2) is 60.7 Å². The van der Waals surface area contributed by atoms with Gasteiger partial charge >= 0.3 is 5.97 Å². The van der Waals surface area contributed by atoms with Crippen molar-refractivity contribution in [2.75, 3.05) is 37.2 Å². The summed E-state index contributed by atoms with van der Waals surface area (Å²) in [5, 5.41) is 5.78. The van der Waals surface area contributed by atoms with Crippen molar-refractivity contribution in [2.24, 2.45) is 0 Å². The Morgan fingerprint density at radius 3 is 2.11 bits per heavy atom. The van der Waals surface area contributed by atoms with Crippen molar-refractivity contribution in [3.05, 3.63) is 87.4 Å². The maximum atomic E-state index is 12.8. The first kappa shape index (κ1) is 30.5. The summed E-state index contributed by atoms with van der Waals surface area (Å²) in [6.07, 6.45) is 0.145. The number of nitrogen functional groups attached to an aromatic ring is 1. The third kappa shape index (κ3) is 7.87. The molecular formula is C28H32Cl2N4O4. The Bertz CT molecular complexity index is 1260. The van der Waals surface area contributed by atoms with E-state index in [9.17, 15) is 14.4 Å². The normalized spacial score (nSPS) is 10.9. The summed E-state index contributed by atoms with van der Waals surface area (Å²) in [5.74, 6) is -1.57. The van der Waals surface area contributed by atoms with Gasteiger partial charge in [-0.05, 0) is 48.0 Å². The fraction of sp³-hybridized carbons (Fsp3) is 0.250. The molecule has 0 unspecified atom stereocenters. The van der Waals surface area contributed by atoms with Crippen LogP contribution in [0.25, 0.3) is 0 Å². The molecule has 0 radical (unpaired) electrons. The highest BCUT2D eigenvalue weighted by atomic mass is 35.5. The molecular weight excluding hydrogens is 527 g/mol. The zero-order valence-electron chi connectivity index (χ0n) is 22.0. The number of rotatable bonds is 8. The number of carbonyl (C=O) groups is 3. The number of nitrogens with one attached hydrogen (secondary N) is 2. The van der Waals surface area contributed by atoms with E-state index in [0.29, 0.717) is 16.9 Å². The minimum absolute atomic E-state index is 0.0744. The number of hydrogen-bond acceptors (Lipinski definition) is 6. The summed E-state index contributed by atoms with van der Waals surface area (Å²) in [4.78, 5) is 39.8. The minimum atomic E-state index is -0.983. The standard InChI is InChI=1S/C26H26Cl2N4O4.C2H6/c1-32(2)17-11-12-21(29)18(14-17)24(33)30-16-9-7-15(8-10-16)13-22(26(35)36-3)31-25(34)23-19(27)5-4-6-20(23)28;1-2/h4-12,14,22H,13,29H2,1-3H3,(H,30,33)(H,31,34);1-2H3/t22-;/m0./s1. The molecule has 202 valence electrons. The molecule has 0 saturated carbocycles. The molecule has 1 atom stereocenters. The second-order valence-electron chi connectivity index (χ2n) is 8.17. The zero-order chi connectivity index (χ0) is 28.4. The first-order valence-electron chi connectivity index (χ1n) is 11.9. The van der Waals surface area contributed by atoms with E-state index in [1.165, 1.54) is 19.2 Å². The van der Waals surface area contributed by atoms with Gasteiger partial charge in [0.2, 0.25) is 0 Å². The molecule has 2 amide bonds. The molecule has 38 heavy (non-hydrogen) atoms. The maximum Gasteiger partial charge on any atom is 0.328 e. The number of nitrogens with two attached hydrogens (primary N) is 1. The summed E-state index contributed by atoms with van der Waals surface area (Å²) in [6.45, 7) is 4.00. The van der Waals surface area contributed by atoms with Crippen LogP contribution in [0, 0.1) is 0 Å². The number of methoxy groups -OCH3 is 1. The Morgan fingerprint density at radius 2 is 1.55 bits per heavy atom. The second-order valence-corrected chi connectivity index (χ2v) is 8.98. The Hall–Kier alpha value is -3.75. The molecule has 0 aliphatic carbocycles. The highest BCUT2D eigenvalue weighted by Crippen LogP contribution is 2.25. The number of halogens is 2. The summed E-state index contributed by atoms with van der Waals surface area (Å²) in [5.41, 5.74) is 8.90. The van der Waals surface area contributed by atoms with E-state index in [1.54, 1.807) is 42.5 Å².